The molecule has 0 amide bonds. The molecule has 0 saturated carbocycles. The summed E-state index contributed by atoms with van der Waals surface area (Å²) in [6.45, 7) is 13.0. The fourth-order valence-corrected chi connectivity index (χ4v) is 5.14. The van der Waals surface area contributed by atoms with Crippen molar-refractivity contribution < 1.29 is 24.1 Å². The summed E-state index contributed by atoms with van der Waals surface area (Å²) in [7, 11) is 0. The third kappa shape index (κ3) is 9.26. The van der Waals surface area contributed by atoms with Crippen LogP contribution in [0.15, 0.2) is 48.5 Å². The Morgan fingerprint density at radius 1 is 1.13 bits per heavy atom. The normalized spacial score (nSPS) is 15.6. The first kappa shape index (κ1) is 29.9. The molecule has 3 rings (SSSR count). The Morgan fingerprint density at radius 2 is 1.82 bits per heavy atom. The summed E-state index contributed by atoms with van der Waals surface area (Å²) in [5.74, 6) is 0.960. The zero-order valence-electron chi connectivity index (χ0n) is 23.8. The monoisotopic (exact) mass is 523 g/mol. The van der Waals surface area contributed by atoms with Gasteiger partial charge in [-0.1, -0.05) is 30.3 Å². The Morgan fingerprint density at radius 3 is 2.45 bits per heavy atom. The van der Waals surface area contributed by atoms with E-state index in [0.29, 0.717) is 19.1 Å². The van der Waals surface area contributed by atoms with Crippen molar-refractivity contribution >= 4 is 12.0 Å². The zero-order chi connectivity index (χ0) is 27.7. The Bertz CT molecular complexity index is 1050. The fraction of sp³-hybridized carbons (Fsp3) is 0.531. The predicted octanol–water partition coefficient (Wildman–Crippen LogP) is 5.66. The van der Waals surface area contributed by atoms with Crippen LogP contribution in [0.25, 0.3) is 6.08 Å². The van der Waals surface area contributed by atoms with Gasteiger partial charge in [-0.3, -0.25) is 0 Å². The van der Waals surface area contributed by atoms with Gasteiger partial charge in [0.05, 0.1) is 31.5 Å². The molecule has 2 atom stereocenters. The van der Waals surface area contributed by atoms with E-state index in [1.165, 1.54) is 17.2 Å². The van der Waals surface area contributed by atoms with Crippen LogP contribution < -0.4 is 10.1 Å². The Kier molecular flexibility index (Phi) is 11.0. The van der Waals surface area contributed by atoms with E-state index in [1.54, 1.807) is 13.0 Å². The van der Waals surface area contributed by atoms with Gasteiger partial charge in [-0.15, -0.1) is 0 Å². The second kappa shape index (κ2) is 13.9. The van der Waals surface area contributed by atoms with Crippen molar-refractivity contribution in [3.05, 3.63) is 70.8 Å². The summed E-state index contributed by atoms with van der Waals surface area (Å²) in [5, 5.41) is 14.3. The fourth-order valence-electron chi connectivity index (χ4n) is 5.14. The van der Waals surface area contributed by atoms with Gasteiger partial charge >= 0.3 is 5.97 Å². The van der Waals surface area contributed by atoms with Crippen LogP contribution in [0.5, 0.6) is 5.75 Å². The average molecular weight is 524 g/mol. The number of aliphatic hydroxyl groups excluding tert-OH is 1. The molecule has 6 heteroatoms. The van der Waals surface area contributed by atoms with Crippen LogP contribution in [0.3, 0.4) is 0 Å². The number of fused-ring (bicyclic) bond motifs is 1. The number of nitrogens with one attached hydrogen (secondary N) is 1. The molecule has 1 aliphatic carbocycles. The largest absolute Gasteiger partial charge is 0.491 e. The van der Waals surface area contributed by atoms with Gasteiger partial charge in [0, 0.05) is 18.2 Å². The summed E-state index contributed by atoms with van der Waals surface area (Å²) in [6.07, 6.45) is 5.52. The zero-order valence-corrected chi connectivity index (χ0v) is 23.8. The van der Waals surface area contributed by atoms with Gasteiger partial charge in [-0.25, -0.2) is 4.79 Å². The van der Waals surface area contributed by atoms with Crippen LogP contribution in [-0.4, -0.2) is 48.6 Å². The van der Waals surface area contributed by atoms with Crippen molar-refractivity contribution in [1.29, 1.82) is 0 Å². The van der Waals surface area contributed by atoms with E-state index in [2.05, 4.69) is 43.4 Å². The highest BCUT2D eigenvalue weighted by Crippen LogP contribution is 2.32. The van der Waals surface area contributed by atoms with Crippen LogP contribution in [0.1, 0.15) is 76.3 Å². The standard InChI is InChI=1S/C32H45NO5/c1-7-36-31(35)15-13-25-12-14-29(38-22(2)3)18-30(25)23(4)37-21-28(34)20-33-32(5,6)19-24-16-26-10-8-9-11-27(26)17-24/h8-15,18,22-24,28,33-34H,7,16-17,19-21H2,1-6H3/b15-13+/t23-,28-/m1/s1. The molecule has 0 saturated heterocycles. The highest BCUT2D eigenvalue weighted by atomic mass is 16.5. The summed E-state index contributed by atoms with van der Waals surface area (Å²) in [6, 6.07) is 14.4. The van der Waals surface area contributed by atoms with Gasteiger partial charge in [-0.05, 0) is 107 Å². The summed E-state index contributed by atoms with van der Waals surface area (Å²) < 4.78 is 17.0. The molecule has 0 bridgehead atoms. The highest BCUT2D eigenvalue weighted by molar-refractivity contribution is 5.87. The Balaban J connectivity index is 1.54. The molecule has 0 radical (unpaired) electrons. The van der Waals surface area contributed by atoms with Crippen molar-refractivity contribution in [1.82, 2.24) is 5.32 Å². The first-order chi connectivity index (χ1) is 18.1. The first-order valence-corrected chi connectivity index (χ1v) is 13.8. The lowest BCUT2D eigenvalue weighted by Crippen LogP contribution is -2.45. The predicted molar refractivity (Wildman–Crippen MR) is 152 cm³/mol. The second-order valence-electron chi connectivity index (χ2n) is 11.2. The lowest BCUT2D eigenvalue weighted by atomic mass is 9.88. The molecule has 38 heavy (non-hydrogen) atoms. The van der Waals surface area contributed by atoms with Crippen LogP contribution in [-0.2, 0) is 27.1 Å². The number of aliphatic hydroxyl groups is 1. The quantitative estimate of drug-likeness (QED) is 0.246. The van der Waals surface area contributed by atoms with Crippen molar-refractivity contribution in [2.45, 2.75) is 84.7 Å². The summed E-state index contributed by atoms with van der Waals surface area (Å²) in [5.41, 5.74) is 4.57. The maximum Gasteiger partial charge on any atom is 0.330 e. The van der Waals surface area contributed by atoms with E-state index in [4.69, 9.17) is 14.2 Å². The maximum atomic E-state index is 11.8. The molecule has 0 spiro atoms. The molecule has 0 fully saturated rings. The smallest absolute Gasteiger partial charge is 0.330 e. The minimum absolute atomic E-state index is 0.0367. The van der Waals surface area contributed by atoms with Crippen LogP contribution in [0.4, 0.5) is 0 Å². The average Bonchev–Trinajstić information content (AvgIpc) is 3.26. The molecule has 0 unspecified atom stereocenters. The van der Waals surface area contributed by atoms with Gasteiger partial charge < -0.3 is 24.6 Å². The van der Waals surface area contributed by atoms with Gasteiger partial charge in [0.1, 0.15) is 5.75 Å². The first-order valence-electron chi connectivity index (χ1n) is 13.8. The van der Waals surface area contributed by atoms with Crippen molar-refractivity contribution in [2.75, 3.05) is 19.8 Å². The minimum Gasteiger partial charge on any atom is -0.491 e. The number of ether oxygens (including phenoxy) is 3. The maximum absolute atomic E-state index is 11.8. The number of hydrogen-bond acceptors (Lipinski definition) is 6. The molecule has 2 aromatic rings. The molecule has 2 aromatic carbocycles. The Hall–Kier alpha value is -2.67. The number of carbonyl (C=O) groups is 1. The van der Waals surface area contributed by atoms with Gasteiger partial charge in [0.2, 0.25) is 0 Å². The number of carbonyl (C=O) groups excluding carboxylic acids is 1. The van der Waals surface area contributed by atoms with Crippen molar-refractivity contribution in [3.63, 3.8) is 0 Å². The SMILES string of the molecule is CCOC(=O)/C=C/c1ccc(OC(C)C)cc1[C@@H](C)OC[C@H](O)CNC(C)(C)CC1Cc2ccccc2C1. The van der Waals surface area contributed by atoms with Crippen LogP contribution in [0, 0.1) is 5.92 Å². The lowest BCUT2D eigenvalue weighted by Gasteiger charge is -2.31. The summed E-state index contributed by atoms with van der Waals surface area (Å²) >= 11 is 0. The minimum atomic E-state index is -0.647. The topological polar surface area (TPSA) is 77.0 Å². The molecule has 0 heterocycles. The van der Waals surface area contributed by atoms with Crippen molar-refractivity contribution in [2.24, 2.45) is 5.92 Å². The lowest BCUT2D eigenvalue weighted by molar-refractivity contribution is -0.137. The van der Waals surface area contributed by atoms with Crippen LogP contribution >= 0.6 is 0 Å². The number of rotatable bonds is 14. The molecule has 208 valence electrons. The Labute approximate surface area is 228 Å². The molecule has 1 aliphatic rings. The molecule has 2 N–H and O–H groups in total. The van der Waals surface area contributed by atoms with Gasteiger partial charge in [0.25, 0.3) is 0 Å². The molecule has 0 aromatic heterocycles. The summed E-state index contributed by atoms with van der Waals surface area (Å²) in [4.78, 5) is 11.8. The number of esters is 1. The van der Waals surface area contributed by atoms with E-state index >= 15 is 0 Å². The molecule has 6 nitrogen and oxygen atoms in total. The second-order valence-corrected chi connectivity index (χ2v) is 11.2. The third-order valence-corrected chi connectivity index (χ3v) is 6.84. The van der Waals surface area contributed by atoms with Crippen LogP contribution in [0.2, 0.25) is 0 Å². The van der Waals surface area contributed by atoms with Crippen molar-refractivity contribution in [3.8, 4) is 5.75 Å². The van der Waals surface area contributed by atoms with Gasteiger partial charge in [-0.2, -0.15) is 0 Å². The van der Waals surface area contributed by atoms with Gasteiger partial charge in [0.15, 0.2) is 0 Å². The molecular formula is C32H45NO5. The molecular weight excluding hydrogens is 478 g/mol. The third-order valence-electron chi connectivity index (χ3n) is 6.84. The van der Waals surface area contributed by atoms with E-state index in [9.17, 15) is 9.90 Å². The van der Waals surface area contributed by atoms with E-state index in [1.807, 2.05) is 39.0 Å². The van der Waals surface area contributed by atoms with E-state index in [0.717, 1.165) is 36.1 Å². The number of β-amino-alcohol motifs (C(OH)–C–C–N with tert-alkyl or cyclic N) is 1. The van der Waals surface area contributed by atoms with E-state index < -0.39 is 6.10 Å². The highest BCUT2D eigenvalue weighted by Gasteiger charge is 2.28. The molecule has 0 aliphatic heterocycles. The number of hydrogen-bond donors (Lipinski definition) is 2. The van der Waals surface area contributed by atoms with E-state index in [-0.39, 0.29) is 30.3 Å². The number of benzene rings is 2.